The zero-order valence-corrected chi connectivity index (χ0v) is 3.73. The second-order valence-electron chi connectivity index (χ2n) is 1.49. The molecule has 4 heteroatoms. The van der Waals surface area contributed by atoms with Crippen molar-refractivity contribution in [3.05, 3.63) is 5.21 Å². The van der Waals surface area contributed by atoms with Gasteiger partial charge in [-0.3, -0.25) is 4.79 Å². The van der Waals surface area contributed by atoms with Gasteiger partial charge in [0, 0.05) is 0 Å². The highest BCUT2D eigenvalue weighted by atomic mass is 16.5. The Balaban J connectivity index is 2.40. The molecule has 1 amide bonds. The predicted molar refractivity (Wildman–Crippen MR) is 22.2 cm³/mol. The van der Waals surface area contributed by atoms with Gasteiger partial charge in [-0.1, -0.05) is 0 Å². The van der Waals surface area contributed by atoms with Crippen molar-refractivity contribution < 1.29 is 9.86 Å². The number of hydrogen-bond acceptors (Lipinski definition) is 2. The van der Waals surface area contributed by atoms with E-state index in [4.69, 9.17) is 0 Å². The van der Waals surface area contributed by atoms with Gasteiger partial charge in [0.1, 0.15) is 0 Å². The van der Waals surface area contributed by atoms with Crippen LogP contribution in [0.4, 0.5) is 0 Å². The van der Waals surface area contributed by atoms with Crippen LogP contribution in [0.3, 0.4) is 0 Å². The number of hydroxylamine groups is 2. The Morgan fingerprint density at radius 1 is 1.86 bits per heavy atom. The quantitative estimate of drug-likeness (QED) is 0.331. The Labute approximate surface area is 40.7 Å². The molecule has 1 rings (SSSR count). The van der Waals surface area contributed by atoms with E-state index >= 15 is 0 Å². The maximum Gasteiger partial charge on any atom is 0.279 e. The van der Waals surface area contributed by atoms with E-state index in [1.54, 1.807) is 0 Å². The molecular weight excluding hydrogens is 96.0 g/mol. The molecule has 40 valence electrons. The smallest absolute Gasteiger partial charge is 0.279 e. The third kappa shape index (κ3) is 0.880. The lowest BCUT2D eigenvalue weighted by molar-refractivity contribution is -0.831. The number of rotatable bonds is 0. The average molecular weight is 102 g/mol. The lowest BCUT2D eigenvalue weighted by atomic mass is 10.7. The maximum atomic E-state index is 10.2. The lowest BCUT2D eigenvalue weighted by Gasteiger charge is -2.09. The molecule has 0 aromatic carbocycles. The minimum atomic E-state index is -0.148. The third-order valence-electron chi connectivity index (χ3n) is 0.840. The van der Waals surface area contributed by atoms with E-state index in [0.29, 0.717) is 0 Å². The van der Waals surface area contributed by atoms with Crippen molar-refractivity contribution in [2.45, 2.75) is 0 Å². The highest BCUT2D eigenvalue weighted by Gasteiger charge is 2.13. The molecule has 0 aromatic heterocycles. The van der Waals surface area contributed by atoms with Gasteiger partial charge in [0.2, 0.25) is 0 Å². The van der Waals surface area contributed by atoms with Gasteiger partial charge in [-0.2, -0.15) is 0 Å². The summed E-state index contributed by atoms with van der Waals surface area (Å²) in [7, 11) is 0. The predicted octanol–water partition coefficient (Wildman–Crippen LogP) is -2.54. The molecule has 0 aliphatic carbocycles. The number of quaternary nitrogens is 1. The Morgan fingerprint density at radius 3 is 2.71 bits per heavy atom. The summed E-state index contributed by atoms with van der Waals surface area (Å²) in [5.41, 5.74) is 0. The maximum absolute atomic E-state index is 10.2. The molecule has 1 unspecified atom stereocenters. The SMILES string of the molecule is O=C1C[NH+]([O-])CN1. The van der Waals surface area contributed by atoms with Crippen LogP contribution in [-0.4, -0.2) is 19.1 Å². The first-order valence-electron chi connectivity index (χ1n) is 2.07. The van der Waals surface area contributed by atoms with Crippen LogP contribution in [0.15, 0.2) is 0 Å². The zero-order valence-electron chi connectivity index (χ0n) is 3.73. The van der Waals surface area contributed by atoms with Crippen LogP contribution in [-0.2, 0) is 4.79 Å². The van der Waals surface area contributed by atoms with E-state index in [-0.39, 0.29) is 24.2 Å². The van der Waals surface area contributed by atoms with Crippen molar-refractivity contribution in [1.82, 2.24) is 5.32 Å². The topological polar surface area (TPSA) is 56.6 Å². The molecule has 2 N–H and O–H groups in total. The lowest BCUT2D eigenvalue weighted by Crippen LogP contribution is -3.05. The van der Waals surface area contributed by atoms with Gasteiger partial charge >= 0.3 is 0 Å². The second-order valence-corrected chi connectivity index (χ2v) is 1.49. The van der Waals surface area contributed by atoms with Gasteiger partial charge in [-0.25, -0.2) is 0 Å². The van der Waals surface area contributed by atoms with E-state index in [9.17, 15) is 10.0 Å². The Bertz CT molecular complexity index is 92.9. The monoisotopic (exact) mass is 102 g/mol. The minimum Gasteiger partial charge on any atom is -0.633 e. The number of nitrogens with one attached hydrogen (secondary N) is 2. The summed E-state index contributed by atoms with van der Waals surface area (Å²) < 4.78 is 0. The third-order valence-corrected chi connectivity index (χ3v) is 0.840. The first-order valence-corrected chi connectivity index (χ1v) is 2.07. The van der Waals surface area contributed by atoms with Crippen molar-refractivity contribution in [2.75, 3.05) is 13.2 Å². The van der Waals surface area contributed by atoms with Crippen LogP contribution in [0.5, 0.6) is 0 Å². The second kappa shape index (κ2) is 1.48. The first kappa shape index (κ1) is 4.55. The van der Waals surface area contributed by atoms with Gasteiger partial charge in [-0.15, -0.1) is 0 Å². The molecule has 1 saturated heterocycles. The van der Waals surface area contributed by atoms with Gasteiger partial charge in [0.15, 0.2) is 13.2 Å². The largest absolute Gasteiger partial charge is 0.633 e. The molecule has 0 saturated carbocycles. The summed E-state index contributed by atoms with van der Waals surface area (Å²) in [6.07, 6.45) is 0. The Kier molecular flexibility index (Phi) is 0.958. The normalized spacial score (nSPS) is 30.4. The summed E-state index contributed by atoms with van der Waals surface area (Å²) in [4.78, 5) is 10.1. The van der Waals surface area contributed by atoms with E-state index in [0.717, 1.165) is 0 Å². The summed E-state index contributed by atoms with van der Waals surface area (Å²) in [5, 5.41) is 12.5. The van der Waals surface area contributed by atoms with Crippen LogP contribution in [0.2, 0.25) is 0 Å². The van der Waals surface area contributed by atoms with E-state index in [1.807, 2.05) is 0 Å². The zero-order chi connectivity index (χ0) is 5.28. The number of carbonyl (C=O) groups excluding carboxylic acids is 1. The highest BCUT2D eigenvalue weighted by Crippen LogP contribution is 1.60. The van der Waals surface area contributed by atoms with Crippen molar-refractivity contribution >= 4 is 5.91 Å². The summed E-state index contributed by atoms with van der Waals surface area (Å²) in [5.74, 6) is -0.148. The van der Waals surface area contributed by atoms with Crippen LogP contribution >= 0.6 is 0 Å². The van der Waals surface area contributed by atoms with Crippen molar-refractivity contribution in [3.8, 4) is 0 Å². The molecule has 0 bridgehead atoms. The van der Waals surface area contributed by atoms with Crippen LogP contribution < -0.4 is 10.4 Å². The number of carbonyl (C=O) groups is 1. The molecule has 1 heterocycles. The molecule has 1 aliphatic heterocycles. The van der Waals surface area contributed by atoms with E-state index < -0.39 is 0 Å². The highest BCUT2D eigenvalue weighted by molar-refractivity contribution is 5.77. The Morgan fingerprint density at radius 2 is 2.57 bits per heavy atom. The van der Waals surface area contributed by atoms with Gasteiger partial charge in [0.25, 0.3) is 5.91 Å². The van der Waals surface area contributed by atoms with Crippen LogP contribution in [0, 0.1) is 5.21 Å². The van der Waals surface area contributed by atoms with Crippen molar-refractivity contribution in [3.63, 3.8) is 0 Å². The van der Waals surface area contributed by atoms with Crippen LogP contribution in [0.25, 0.3) is 0 Å². The molecule has 1 aliphatic rings. The van der Waals surface area contributed by atoms with E-state index in [2.05, 4.69) is 5.32 Å². The van der Waals surface area contributed by atoms with E-state index in [1.165, 1.54) is 0 Å². The fourth-order valence-electron chi connectivity index (χ4n) is 0.501. The van der Waals surface area contributed by atoms with Crippen molar-refractivity contribution in [1.29, 1.82) is 0 Å². The fraction of sp³-hybridized carbons (Fsp3) is 0.667. The molecule has 0 spiro atoms. The van der Waals surface area contributed by atoms with Gasteiger partial charge < -0.3 is 15.6 Å². The van der Waals surface area contributed by atoms with Crippen molar-refractivity contribution in [2.24, 2.45) is 0 Å². The molecule has 1 fully saturated rings. The molecule has 0 aromatic rings. The van der Waals surface area contributed by atoms with Gasteiger partial charge in [0.05, 0.1) is 0 Å². The summed E-state index contributed by atoms with van der Waals surface area (Å²) >= 11 is 0. The van der Waals surface area contributed by atoms with Crippen LogP contribution in [0.1, 0.15) is 0 Å². The number of amides is 1. The Hall–Kier alpha value is -0.610. The summed E-state index contributed by atoms with van der Waals surface area (Å²) in [6.45, 7) is 0.318. The molecule has 7 heavy (non-hydrogen) atoms. The molecular formula is C3H6N2O2. The standard InChI is InChI=1S/C3H6N2O2/c6-3-1-5(7)2-4-3/h5H,1-2H2,(H,4,6). The fourth-order valence-corrected chi connectivity index (χ4v) is 0.501. The average Bonchev–Trinajstić information content (AvgIpc) is 1.87. The summed E-state index contributed by atoms with van der Waals surface area (Å²) in [6, 6.07) is 0. The molecule has 4 nitrogen and oxygen atoms in total. The molecule has 0 radical (unpaired) electrons. The first-order chi connectivity index (χ1) is 3.29. The molecule has 1 atom stereocenters. The van der Waals surface area contributed by atoms with Gasteiger partial charge in [-0.05, 0) is 0 Å². The minimum absolute atomic E-state index is 0.00926. The number of hydrogen-bond donors (Lipinski definition) is 2.